The normalized spacial score (nSPS) is 20.7. The minimum Gasteiger partial charge on any atom is -0.297 e. The fourth-order valence-electron chi connectivity index (χ4n) is 2.11. The lowest BCUT2D eigenvalue weighted by atomic mass is 10.1. The van der Waals surface area contributed by atoms with Crippen molar-refractivity contribution in [3.63, 3.8) is 0 Å². The standard InChI is InChI=1S/C13H14FN/c1-3-9(2)15-13-7-4-10-8-11(14)5-6-12(10)13/h1,5-6,8-9,13,15H,4,7H2,2H3. The molecule has 2 unspecified atom stereocenters. The first kappa shape index (κ1) is 10.2. The number of nitrogens with one attached hydrogen (secondary N) is 1. The first-order valence-electron chi connectivity index (χ1n) is 5.21. The van der Waals surface area contributed by atoms with Gasteiger partial charge >= 0.3 is 0 Å². The average Bonchev–Trinajstić information content (AvgIpc) is 2.60. The number of fused-ring (bicyclic) bond motifs is 1. The van der Waals surface area contributed by atoms with E-state index in [1.807, 2.05) is 13.0 Å². The third-order valence-corrected chi connectivity index (χ3v) is 2.88. The van der Waals surface area contributed by atoms with E-state index in [-0.39, 0.29) is 17.9 Å². The highest BCUT2D eigenvalue weighted by molar-refractivity contribution is 5.35. The van der Waals surface area contributed by atoms with Gasteiger partial charge in [0.05, 0.1) is 6.04 Å². The van der Waals surface area contributed by atoms with Gasteiger partial charge in [0.25, 0.3) is 0 Å². The zero-order chi connectivity index (χ0) is 10.8. The number of rotatable bonds is 2. The van der Waals surface area contributed by atoms with Crippen LogP contribution in [-0.2, 0) is 6.42 Å². The molecule has 0 heterocycles. The van der Waals surface area contributed by atoms with Crippen LogP contribution in [0.2, 0.25) is 0 Å². The van der Waals surface area contributed by atoms with E-state index in [0.717, 1.165) is 18.4 Å². The molecule has 0 bridgehead atoms. The second-order valence-electron chi connectivity index (χ2n) is 3.99. The van der Waals surface area contributed by atoms with E-state index in [1.54, 1.807) is 6.07 Å². The molecule has 0 saturated carbocycles. The predicted molar refractivity (Wildman–Crippen MR) is 58.9 cm³/mol. The van der Waals surface area contributed by atoms with Crippen LogP contribution in [0.4, 0.5) is 4.39 Å². The maximum atomic E-state index is 13.0. The summed E-state index contributed by atoms with van der Waals surface area (Å²) in [5.41, 5.74) is 2.30. The molecule has 0 amide bonds. The predicted octanol–water partition coefficient (Wildman–Crippen LogP) is 2.42. The quantitative estimate of drug-likeness (QED) is 0.728. The summed E-state index contributed by atoms with van der Waals surface area (Å²) >= 11 is 0. The molecule has 0 aromatic heterocycles. The Balaban J connectivity index is 2.19. The number of terminal acetylenes is 1. The van der Waals surface area contributed by atoms with Gasteiger partial charge < -0.3 is 0 Å². The van der Waals surface area contributed by atoms with Crippen LogP contribution in [-0.4, -0.2) is 6.04 Å². The molecule has 2 heteroatoms. The fourth-order valence-corrected chi connectivity index (χ4v) is 2.11. The molecule has 0 fully saturated rings. The summed E-state index contributed by atoms with van der Waals surface area (Å²) in [6, 6.07) is 5.34. The van der Waals surface area contributed by atoms with Crippen molar-refractivity contribution in [3.05, 3.63) is 35.1 Å². The lowest BCUT2D eigenvalue weighted by Gasteiger charge is -2.16. The Hall–Kier alpha value is -1.33. The Kier molecular flexibility index (Phi) is 2.75. The molecule has 0 radical (unpaired) electrons. The first-order valence-corrected chi connectivity index (χ1v) is 5.21. The van der Waals surface area contributed by atoms with E-state index in [0.29, 0.717) is 0 Å². The number of hydrogen-bond donors (Lipinski definition) is 1. The van der Waals surface area contributed by atoms with E-state index in [1.165, 1.54) is 11.6 Å². The molecule has 1 nitrogen and oxygen atoms in total. The molecule has 0 saturated heterocycles. The van der Waals surface area contributed by atoms with Crippen molar-refractivity contribution < 1.29 is 4.39 Å². The van der Waals surface area contributed by atoms with Crippen molar-refractivity contribution in [1.29, 1.82) is 0 Å². The molecule has 1 aromatic rings. The molecule has 1 aliphatic rings. The van der Waals surface area contributed by atoms with E-state index >= 15 is 0 Å². The third-order valence-electron chi connectivity index (χ3n) is 2.88. The maximum absolute atomic E-state index is 13.0. The van der Waals surface area contributed by atoms with Crippen LogP contribution in [0, 0.1) is 18.2 Å². The van der Waals surface area contributed by atoms with Gasteiger partial charge in [-0.3, -0.25) is 5.32 Å². The Morgan fingerprint density at radius 2 is 2.40 bits per heavy atom. The van der Waals surface area contributed by atoms with Crippen LogP contribution in [0.5, 0.6) is 0 Å². The Morgan fingerprint density at radius 3 is 3.13 bits per heavy atom. The fraction of sp³-hybridized carbons (Fsp3) is 0.385. The van der Waals surface area contributed by atoms with Crippen LogP contribution < -0.4 is 5.32 Å². The summed E-state index contributed by atoms with van der Waals surface area (Å²) < 4.78 is 13.0. The van der Waals surface area contributed by atoms with Crippen LogP contribution in [0.25, 0.3) is 0 Å². The van der Waals surface area contributed by atoms with Crippen LogP contribution >= 0.6 is 0 Å². The van der Waals surface area contributed by atoms with Gasteiger partial charge in [-0.15, -0.1) is 6.42 Å². The highest BCUT2D eigenvalue weighted by Crippen LogP contribution is 2.31. The highest BCUT2D eigenvalue weighted by atomic mass is 19.1. The SMILES string of the molecule is C#CC(C)NC1CCc2cc(F)ccc21. The van der Waals surface area contributed by atoms with Crippen LogP contribution in [0.3, 0.4) is 0 Å². The molecular formula is C13H14FN. The minimum absolute atomic E-state index is 0.0611. The topological polar surface area (TPSA) is 12.0 Å². The lowest BCUT2D eigenvalue weighted by molar-refractivity contribution is 0.508. The molecule has 0 spiro atoms. The molecule has 2 rings (SSSR count). The summed E-state index contributed by atoms with van der Waals surface area (Å²) in [4.78, 5) is 0. The van der Waals surface area contributed by atoms with Crippen molar-refractivity contribution in [2.45, 2.75) is 31.8 Å². The van der Waals surface area contributed by atoms with Crippen molar-refractivity contribution in [2.75, 3.05) is 0 Å². The molecule has 1 aromatic carbocycles. The average molecular weight is 203 g/mol. The summed E-state index contributed by atoms with van der Waals surface area (Å²) in [5, 5.41) is 3.35. The summed E-state index contributed by atoms with van der Waals surface area (Å²) in [5.74, 6) is 2.50. The second kappa shape index (κ2) is 4.04. The van der Waals surface area contributed by atoms with E-state index in [4.69, 9.17) is 6.42 Å². The first-order chi connectivity index (χ1) is 7.20. The number of benzene rings is 1. The van der Waals surface area contributed by atoms with Crippen molar-refractivity contribution in [2.24, 2.45) is 0 Å². The number of halogens is 1. The third kappa shape index (κ3) is 2.03. The van der Waals surface area contributed by atoms with Gasteiger partial charge in [0.1, 0.15) is 5.82 Å². The number of hydrogen-bond acceptors (Lipinski definition) is 1. The molecule has 15 heavy (non-hydrogen) atoms. The van der Waals surface area contributed by atoms with Gasteiger partial charge in [0, 0.05) is 6.04 Å². The van der Waals surface area contributed by atoms with E-state index in [9.17, 15) is 4.39 Å². The zero-order valence-electron chi connectivity index (χ0n) is 8.76. The molecule has 2 atom stereocenters. The monoisotopic (exact) mass is 203 g/mol. The summed E-state index contributed by atoms with van der Waals surface area (Å²) in [7, 11) is 0. The van der Waals surface area contributed by atoms with Gasteiger partial charge in [-0.05, 0) is 43.0 Å². The number of aryl methyl sites for hydroxylation is 1. The van der Waals surface area contributed by atoms with Crippen molar-refractivity contribution in [3.8, 4) is 12.3 Å². The van der Waals surface area contributed by atoms with Gasteiger partial charge in [0.15, 0.2) is 0 Å². The highest BCUT2D eigenvalue weighted by Gasteiger charge is 2.23. The van der Waals surface area contributed by atoms with Crippen molar-refractivity contribution >= 4 is 0 Å². The Morgan fingerprint density at radius 1 is 1.60 bits per heavy atom. The second-order valence-corrected chi connectivity index (χ2v) is 3.99. The molecule has 0 aliphatic heterocycles. The van der Waals surface area contributed by atoms with Gasteiger partial charge in [-0.1, -0.05) is 12.0 Å². The minimum atomic E-state index is -0.153. The van der Waals surface area contributed by atoms with Crippen LogP contribution in [0.1, 0.15) is 30.5 Å². The zero-order valence-corrected chi connectivity index (χ0v) is 8.76. The lowest BCUT2D eigenvalue weighted by Crippen LogP contribution is -2.27. The van der Waals surface area contributed by atoms with Crippen molar-refractivity contribution in [1.82, 2.24) is 5.32 Å². The molecule has 1 N–H and O–H groups in total. The Bertz CT molecular complexity index is 405. The van der Waals surface area contributed by atoms with Gasteiger partial charge in [-0.25, -0.2) is 4.39 Å². The summed E-state index contributed by atoms with van der Waals surface area (Å²) in [6.45, 7) is 1.96. The smallest absolute Gasteiger partial charge is 0.123 e. The van der Waals surface area contributed by atoms with Gasteiger partial charge in [0.2, 0.25) is 0 Å². The van der Waals surface area contributed by atoms with E-state index in [2.05, 4.69) is 11.2 Å². The molecular weight excluding hydrogens is 189 g/mol. The van der Waals surface area contributed by atoms with Crippen LogP contribution in [0.15, 0.2) is 18.2 Å². The van der Waals surface area contributed by atoms with Gasteiger partial charge in [-0.2, -0.15) is 0 Å². The molecule has 1 aliphatic carbocycles. The maximum Gasteiger partial charge on any atom is 0.123 e. The summed E-state index contributed by atoms with van der Waals surface area (Å²) in [6.07, 6.45) is 7.26. The largest absolute Gasteiger partial charge is 0.297 e. The Labute approximate surface area is 89.7 Å². The van der Waals surface area contributed by atoms with E-state index < -0.39 is 0 Å². The molecule has 78 valence electrons.